The van der Waals surface area contributed by atoms with Gasteiger partial charge in [0.15, 0.2) is 5.65 Å². The highest BCUT2D eigenvalue weighted by molar-refractivity contribution is 6.29. The highest BCUT2D eigenvalue weighted by atomic mass is 35.5. The third kappa shape index (κ3) is 2.22. The molecule has 0 N–H and O–H groups in total. The molecule has 3 aromatic rings. The zero-order valence-corrected chi connectivity index (χ0v) is 10.6. The Morgan fingerprint density at radius 2 is 2.00 bits per heavy atom. The van der Waals surface area contributed by atoms with Crippen LogP contribution in [0.15, 0.2) is 42.6 Å². The molecule has 0 saturated heterocycles. The molecule has 0 aliphatic rings. The summed E-state index contributed by atoms with van der Waals surface area (Å²) >= 11 is 5.79. The van der Waals surface area contributed by atoms with Crippen LogP contribution in [0.1, 0.15) is 6.93 Å². The van der Waals surface area contributed by atoms with Crippen LogP contribution in [0.4, 0.5) is 13.2 Å². The second-order valence-electron chi connectivity index (χ2n) is 4.05. The van der Waals surface area contributed by atoms with Gasteiger partial charge in [-0.2, -0.15) is 18.3 Å². The standard InChI is InChI=1S/C13H7ClF3N3/c14-11-4-5-12-18-7-10(20(12)19-11)8-2-1-3-9(6-8)13(15,16)17/h1-7H/i6D. The molecule has 0 amide bonds. The highest BCUT2D eigenvalue weighted by Gasteiger charge is 2.30. The van der Waals surface area contributed by atoms with E-state index in [-0.39, 0.29) is 16.4 Å². The number of benzene rings is 1. The second-order valence-corrected chi connectivity index (χ2v) is 4.43. The molecular weight excluding hydrogens is 291 g/mol. The quantitative estimate of drug-likeness (QED) is 0.678. The minimum absolute atomic E-state index is 0.0899. The van der Waals surface area contributed by atoms with Gasteiger partial charge in [-0.1, -0.05) is 23.7 Å². The van der Waals surface area contributed by atoms with Crippen LogP contribution in [0.2, 0.25) is 5.15 Å². The van der Waals surface area contributed by atoms with E-state index in [2.05, 4.69) is 10.1 Å². The number of rotatable bonds is 1. The molecule has 1 aromatic carbocycles. The van der Waals surface area contributed by atoms with E-state index in [1.807, 2.05) is 0 Å². The average Bonchev–Trinajstić information content (AvgIpc) is 2.80. The van der Waals surface area contributed by atoms with Crippen molar-refractivity contribution in [3.05, 3.63) is 53.3 Å². The molecule has 0 aliphatic heterocycles. The fraction of sp³-hybridized carbons (Fsp3) is 0.0769. The van der Waals surface area contributed by atoms with Crippen molar-refractivity contribution in [2.45, 2.75) is 6.18 Å². The first kappa shape index (κ1) is 11.7. The molecule has 2 heterocycles. The topological polar surface area (TPSA) is 30.2 Å². The van der Waals surface area contributed by atoms with Crippen LogP contribution in [0, 0.1) is 0 Å². The molecule has 0 unspecified atom stereocenters. The number of aromatic nitrogens is 3. The molecule has 0 radical (unpaired) electrons. The van der Waals surface area contributed by atoms with E-state index in [1.165, 1.54) is 28.9 Å². The lowest BCUT2D eigenvalue weighted by atomic mass is 10.1. The molecule has 0 spiro atoms. The molecule has 0 bridgehead atoms. The lowest BCUT2D eigenvalue weighted by Crippen LogP contribution is -2.04. The normalized spacial score (nSPS) is 12.7. The summed E-state index contributed by atoms with van der Waals surface area (Å²) in [6.07, 6.45) is -3.22. The van der Waals surface area contributed by atoms with Crippen LogP contribution in [-0.4, -0.2) is 14.6 Å². The Bertz CT molecular complexity index is 829. The first-order valence-corrected chi connectivity index (χ1v) is 5.93. The van der Waals surface area contributed by atoms with Gasteiger partial charge in [-0.15, -0.1) is 0 Å². The van der Waals surface area contributed by atoms with E-state index in [1.54, 1.807) is 6.07 Å². The molecule has 0 saturated carbocycles. The number of halogens is 4. The van der Waals surface area contributed by atoms with Gasteiger partial charge in [0.1, 0.15) is 5.15 Å². The molecule has 20 heavy (non-hydrogen) atoms. The first-order chi connectivity index (χ1) is 9.88. The summed E-state index contributed by atoms with van der Waals surface area (Å²) in [7, 11) is 0. The number of hydrogen-bond donors (Lipinski definition) is 0. The van der Waals surface area contributed by atoms with Crippen molar-refractivity contribution >= 4 is 17.2 Å². The van der Waals surface area contributed by atoms with Crippen molar-refractivity contribution in [1.29, 1.82) is 0 Å². The average molecular weight is 299 g/mol. The van der Waals surface area contributed by atoms with E-state index < -0.39 is 17.8 Å². The monoisotopic (exact) mass is 298 g/mol. The van der Waals surface area contributed by atoms with E-state index in [0.29, 0.717) is 5.65 Å². The summed E-state index contributed by atoms with van der Waals surface area (Å²) in [5.74, 6) is 0. The maximum Gasteiger partial charge on any atom is 0.416 e. The second kappa shape index (κ2) is 4.49. The Hall–Kier alpha value is -2.08. The molecular formula is C13H7ClF3N3. The summed E-state index contributed by atoms with van der Waals surface area (Å²) in [4.78, 5) is 4.05. The van der Waals surface area contributed by atoms with Gasteiger partial charge in [-0.05, 0) is 24.2 Å². The smallest absolute Gasteiger partial charge is 0.235 e. The van der Waals surface area contributed by atoms with Crippen molar-refractivity contribution in [2.75, 3.05) is 0 Å². The number of hydrogen-bond acceptors (Lipinski definition) is 2. The van der Waals surface area contributed by atoms with E-state index in [4.69, 9.17) is 13.0 Å². The number of nitrogens with zero attached hydrogens (tertiary/aromatic N) is 3. The Kier molecular flexibility index (Phi) is 2.63. The van der Waals surface area contributed by atoms with E-state index >= 15 is 0 Å². The van der Waals surface area contributed by atoms with Gasteiger partial charge in [-0.25, -0.2) is 9.50 Å². The minimum Gasteiger partial charge on any atom is -0.235 e. The highest BCUT2D eigenvalue weighted by Crippen LogP contribution is 2.32. The molecule has 102 valence electrons. The van der Waals surface area contributed by atoms with Crippen LogP contribution in [0.3, 0.4) is 0 Å². The molecule has 2 aromatic heterocycles. The Morgan fingerprint density at radius 1 is 1.20 bits per heavy atom. The van der Waals surface area contributed by atoms with Crippen LogP contribution in [0.5, 0.6) is 0 Å². The third-order valence-corrected chi connectivity index (χ3v) is 2.91. The fourth-order valence-electron chi connectivity index (χ4n) is 1.82. The molecule has 7 heteroatoms. The lowest BCUT2D eigenvalue weighted by molar-refractivity contribution is -0.137. The van der Waals surface area contributed by atoms with Crippen molar-refractivity contribution < 1.29 is 14.5 Å². The number of alkyl halides is 3. The third-order valence-electron chi connectivity index (χ3n) is 2.71. The van der Waals surface area contributed by atoms with E-state index in [9.17, 15) is 13.2 Å². The Labute approximate surface area is 118 Å². The van der Waals surface area contributed by atoms with Crippen LogP contribution in [0.25, 0.3) is 16.9 Å². The van der Waals surface area contributed by atoms with E-state index in [0.717, 1.165) is 6.07 Å². The van der Waals surface area contributed by atoms with Crippen molar-refractivity contribution in [1.82, 2.24) is 14.6 Å². The van der Waals surface area contributed by atoms with Gasteiger partial charge >= 0.3 is 6.18 Å². The maximum absolute atomic E-state index is 12.9. The van der Waals surface area contributed by atoms with Gasteiger partial charge in [0.2, 0.25) is 0 Å². The van der Waals surface area contributed by atoms with Gasteiger partial charge in [0.25, 0.3) is 0 Å². The predicted molar refractivity (Wildman–Crippen MR) is 68.4 cm³/mol. The van der Waals surface area contributed by atoms with Crippen molar-refractivity contribution in [3.8, 4) is 11.3 Å². The Balaban J connectivity index is 2.26. The van der Waals surface area contributed by atoms with Gasteiger partial charge in [-0.3, -0.25) is 0 Å². The van der Waals surface area contributed by atoms with Gasteiger partial charge in [0.05, 0.1) is 18.8 Å². The maximum atomic E-state index is 12.9. The van der Waals surface area contributed by atoms with Gasteiger partial charge in [0, 0.05) is 5.56 Å². The predicted octanol–water partition coefficient (Wildman–Crippen LogP) is 4.07. The fourth-order valence-corrected chi connectivity index (χ4v) is 1.96. The zero-order chi connectivity index (χ0) is 15.2. The molecule has 3 rings (SSSR count). The zero-order valence-electron chi connectivity index (χ0n) is 10.8. The van der Waals surface area contributed by atoms with Gasteiger partial charge < -0.3 is 0 Å². The Morgan fingerprint density at radius 3 is 2.75 bits per heavy atom. The molecule has 0 atom stereocenters. The minimum atomic E-state index is -4.58. The number of fused-ring (bicyclic) bond motifs is 1. The molecule has 0 aliphatic carbocycles. The SMILES string of the molecule is [2H]c1c(-c2cnc3ccc(Cl)nn23)cccc1C(F)(F)F. The van der Waals surface area contributed by atoms with Crippen LogP contribution in [-0.2, 0) is 6.18 Å². The summed E-state index contributed by atoms with van der Waals surface area (Å²) in [5.41, 5.74) is -0.195. The largest absolute Gasteiger partial charge is 0.416 e. The summed E-state index contributed by atoms with van der Waals surface area (Å²) in [5, 5.41) is 4.18. The van der Waals surface area contributed by atoms with Crippen LogP contribution < -0.4 is 0 Å². The van der Waals surface area contributed by atoms with Crippen LogP contribution >= 0.6 is 11.6 Å². The number of imidazole rings is 1. The summed E-state index contributed by atoms with van der Waals surface area (Å²) < 4.78 is 47.7. The summed E-state index contributed by atoms with van der Waals surface area (Å²) in [6, 6.07) is 6.05. The summed E-state index contributed by atoms with van der Waals surface area (Å²) in [6.45, 7) is 0. The molecule has 3 nitrogen and oxygen atoms in total. The first-order valence-electron chi connectivity index (χ1n) is 6.05. The molecule has 0 fully saturated rings. The van der Waals surface area contributed by atoms with Crippen molar-refractivity contribution in [3.63, 3.8) is 0 Å². The lowest BCUT2D eigenvalue weighted by Gasteiger charge is -2.08. The van der Waals surface area contributed by atoms with Crippen molar-refractivity contribution in [2.24, 2.45) is 0 Å².